The number of ether oxygens (including phenoxy) is 1. The molecule has 5 nitrogen and oxygen atoms in total. The number of carbonyl (C=O) groups excluding carboxylic acids is 2. The Bertz CT molecular complexity index is 1000. The second-order valence-corrected chi connectivity index (χ2v) is 6.69. The summed E-state index contributed by atoms with van der Waals surface area (Å²) in [6.07, 6.45) is 0.648. The zero-order valence-corrected chi connectivity index (χ0v) is 16.6. The minimum atomic E-state index is -0.254. The van der Waals surface area contributed by atoms with Gasteiger partial charge in [-0.05, 0) is 49.2 Å². The Labute approximate surface area is 170 Å². The summed E-state index contributed by atoms with van der Waals surface area (Å²) in [6, 6.07) is 21.9. The minimum Gasteiger partial charge on any atom is -0.496 e. The molecule has 0 aromatic heterocycles. The first-order chi connectivity index (χ1) is 14.1. The van der Waals surface area contributed by atoms with Crippen molar-refractivity contribution in [1.29, 1.82) is 0 Å². The Balaban J connectivity index is 1.66. The molecule has 0 radical (unpaired) electrons. The van der Waals surface area contributed by atoms with Gasteiger partial charge in [-0.25, -0.2) is 0 Å². The van der Waals surface area contributed by atoms with E-state index in [0.717, 1.165) is 16.9 Å². The van der Waals surface area contributed by atoms with Crippen molar-refractivity contribution in [3.63, 3.8) is 0 Å². The summed E-state index contributed by atoms with van der Waals surface area (Å²) in [5.41, 5.74) is 3.62. The molecule has 3 aromatic carbocycles. The van der Waals surface area contributed by atoms with Crippen LogP contribution in [0.3, 0.4) is 0 Å². The number of carbonyl (C=O) groups is 2. The van der Waals surface area contributed by atoms with Crippen molar-refractivity contribution in [2.45, 2.75) is 13.3 Å². The normalized spacial score (nSPS) is 10.3. The fourth-order valence-electron chi connectivity index (χ4n) is 3.08. The molecule has 0 saturated heterocycles. The SMILES string of the molecule is COc1ccc(C)cc1CCNC(=O)c1ccccc1NC(=O)c1ccccc1. The Hall–Kier alpha value is -3.60. The van der Waals surface area contributed by atoms with E-state index >= 15 is 0 Å². The van der Waals surface area contributed by atoms with Crippen molar-refractivity contribution < 1.29 is 14.3 Å². The fourth-order valence-corrected chi connectivity index (χ4v) is 3.08. The second kappa shape index (κ2) is 9.55. The number of amides is 2. The van der Waals surface area contributed by atoms with Crippen molar-refractivity contribution in [3.8, 4) is 5.75 Å². The van der Waals surface area contributed by atoms with Crippen LogP contribution in [0.4, 0.5) is 5.69 Å². The van der Waals surface area contributed by atoms with Crippen LogP contribution in [-0.2, 0) is 6.42 Å². The van der Waals surface area contributed by atoms with Gasteiger partial charge in [-0.15, -0.1) is 0 Å². The average Bonchev–Trinajstić information content (AvgIpc) is 2.75. The van der Waals surface area contributed by atoms with E-state index in [4.69, 9.17) is 4.74 Å². The van der Waals surface area contributed by atoms with Crippen LogP contribution in [0.25, 0.3) is 0 Å². The number of anilines is 1. The summed E-state index contributed by atoms with van der Waals surface area (Å²) in [6.45, 7) is 2.48. The molecule has 0 spiro atoms. The standard InChI is InChI=1S/C24H24N2O3/c1-17-12-13-22(29-2)19(16-17)14-15-25-24(28)20-10-6-7-11-21(20)26-23(27)18-8-4-3-5-9-18/h3-13,16H,14-15H2,1-2H3,(H,25,28)(H,26,27). The summed E-state index contributed by atoms with van der Waals surface area (Å²) >= 11 is 0. The molecular weight excluding hydrogens is 364 g/mol. The summed E-state index contributed by atoms with van der Waals surface area (Å²) < 4.78 is 5.39. The lowest BCUT2D eigenvalue weighted by Crippen LogP contribution is -2.27. The summed E-state index contributed by atoms with van der Waals surface area (Å²) in [4.78, 5) is 25.1. The van der Waals surface area contributed by atoms with Crippen LogP contribution < -0.4 is 15.4 Å². The predicted octanol–water partition coefficient (Wildman–Crippen LogP) is 4.23. The summed E-state index contributed by atoms with van der Waals surface area (Å²) in [5, 5.41) is 5.75. The first-order valence-electron chi connectivity index (χ1n) is 9.45. The van der Waals surface area contributed by atoms with Crippen LogP contribution >= 0.6 is 0 Å². The van der Waals surface area contributed by atoms with Crippen molar-refractivity contribution in [3.05, 3.63) is 95.1 Å². The molecule has 2 N–H and O–H groups in total. The smallest absolute Gasteiger partial charge is 0.255 e. The molecule has 0 fully saturated rings. The van der Waals surface area contributed by atoms with E-state index in [1.807, 2.05) is 25.1 Å². The van der Waals surface area contributed by atoms with Crippen molar-refractivity contribution in [2.75, 3.05) is 19.0 Å². The predicted molar refractivity (Wildman–Crippen MR) is 115 cm³/mol. The van der Waals surface area contributed by atoms with Crippen LogP contribution in [0, 0.1) is 6.92 Å². The Kier molecular flexibility index (Phi) is 6.63. The van der Waals surface area contributed by atoms with Crippen molar-refractivity contribution in [1.82, 2.24) is 5.32 Å². The molecule has 0 bridgehead atoms. The molecule has 0 atom stereocenters. The van der Waals surface area contributed by atoms with E-state index in [1.165, 1.54) is 0 Å². The number of rotatable bonds is 7. The van der Waals surface area contributed by atoms with Gasteiger partial charge in [0.1, 0.15) is 5.75 Å². The van der Waals surface area contributed by atoms with E-state index in [-0.39, 0.29) is 11.8 Å². The van der Waals surface area contributed by atoms with Gasteiger partial charge < -0.3 is 15.4 Å². The Morgan fingerprint density at radius 3 is 2.38 bits per heavy atom. The van der Waals surface area contributed by atoms with E-state index in [1.54, 1.807) is 55.6 Å². The molecular formula is C24H24N2O3. The van der Waals surface area contributed by atoms with E-state index < -0.39 is 0 Å². The van der Waals surface area contributed by atoms with Gasteiger partial charge in [0.05, 0.1) is 18.4 Å². The zero-order chi connectivity index (χ0) is 20.6. The maximum absolute atomic E-state index is 12.7. The van der Waals surface area contributed by atoms with Gasteiger partial charge in [-0.1, -0.05) is 48.0 Å². The van der Waals surface area contributed by atoms with Crippen molar-refractivity contribution in [2.24, 2.45) is 0 Å². The van der Waals surface area contributed by atoms with E-state index in [0.29, 0.717) is 29.8 Å². The van der Waals surface area contributed by atoms with Gasteiger partial charge in [0.25, 0.3) is 11.8 Å². The largest absolute Gasteiger partial charge is 0.496 e. The highest BCUT2D eigenvalue weighted by atomic mass is 16.5. The highest BCUT2D eigenvalue weighted by molar-refractivity contribution is 6.08. The monoisotopic (exact) mass is 388 g/mol. The van der Waals surface area contributed by atoms with Crippen molar-refractivity contribution >= 4 is 17.5 Å². The number of para-hydroxylation sites is 1. The number of nitrogens with one attached hydrogen (secondary N) is 2. The molecule has 148 valence electrons. The minimum absolute atomic E-state index is 0.236. The topological polar surface area (TPSA) is 67.4 Å². The lowest BCUT2D eigenvalue weighted by Gasteiger charge is -2.13. The molecule has 0 aliphatic carbocycles. The summed E-state index contributed by atoms with van der Waals surface area (Å²) in [5.74, 6) is 0.316. The fraction of sp³-hybridized carbons (Fsp3) is 0.167. The lowest BCUT2D eigenvalue weighted by atomic mass is 10.1. The molecule has 0 unspecified atom stereocenters. The third-order valence-electron chi connectivity index (χ3n) is 4.57. The van der Waals surface area contributed by atoms with Crippen LogP contribution in [0.5, 0.6) is 5.75 Å². The number of methoxy groups -OCH3 is 1. The lowest BCUT2D eigenvalue weighted by molar-refractivity contribution is 0.0955. The van der Waals surface area contributed by atoms with Gasteiger partial charge in [0, 0.05) is 12.1 Å². The molecule has 0 saturated carbocycles. The maximum Gasteiger partial charge on any atom is 0.255 e. The average molecular weight is 388 g/mol. The molecule has 0 aliphatic rings. The molecule has 3 rings (SSSR count). The molecule has 0 heterocycles. The third kappa shape index (κ3) is 5.23. The Morgan fingerprint density at radius 1 is 0.897 bits per heavy atom. The van der Waals surface area contributed by atoms with Crippen LogP contribution in [0.15, 0.2) is 72.8 Å². The Morgan fingerprint density at radius 2 is 1.62 bits per heavy atom. The second-order valence-electron chi connectivity index (χ2n) is 6.69. The number of hydrogen-bond acceptors (Lipinski definition) is 3. The first kappa shape index (κ1) is 20.1. The molecule has 29 heavy (non-hydrogen) atoms. The quantitative estimate of drug-likeness (QED) is 0.637. The third-order valence-corrected chi connectivity index (χ3v) is 4.57. The number of aryl methyl sites for hydroxylation is 1. The van der Waals surface area contributed by atoms with Gasteiger partial charge in [-0.2, -0.15) is 0 Å². The molecule has 0 aliphatic heterocycles. The highest BCUT2D eigenvalue weighted by Crippen LogP contribution is 2.20. The number of hydrogen-bond donors (Lipinski definition) is 2. The molecule has 3 aromatic rings. The maximum atomic E-state index is 12.7. The first-order valence-corrected chi connectivity index (χ1v) is 9.45. The van der Waals surface area contributed by atoms with Gasteiger partial charge in [0.2, 0.25) is 0 Å². The van der Waals surface area contributed by atoms with Crippen LogP contribution in [-0.4, -0.2) is 25.5 Å². The zero-order valence-electron chi connectivity index (χ0n) is 16.6. The number of benzene rings is 3. The van der Waals surface area contributed by atoms with E-state index in [2.05, 4.69) is 16.7 Å². The van der Waals surface area contributed by atoms with Gasteiger partial charge in [-0.3, -0.25) is 9.59 Å². The molecule has 2 amide bonds. The van der Waals surface area contributed by atoms with Crippen LogP contribution in [0.1, 0.15) is 31.8 Å². The summed E-state index contributed by atoms with van der Waals surface area (Å²) in [7, 11) is 1.64. The van der Waals surface area contributed by atoms with Gasteiger partial charge in [0.15, 0.2) is 0 Å². The molecule has 5 heteroatoms. The van der Waals surface area contributed by atoms with Gasteiger partial charge >= 0.3 is 0 Å². The highest BCUT2D eigenvalue weighted by Gasteiger charge is 2.14. The van der Waals surface area contributed by atoms with Crippen LogP contribution in [0.2, 0.25) is 0 Å². The van der Waals surface area contributed by atoms with E-state index in [9.17, 15) is 9.59 Å².